The Morgan fingerprint density at radius 2 is 1.27 bits per heavy atom. The maximum Gasteiger partial charge on any atom is 0.322 e. The Balaban J connectivity index is 2.10. The lowest BCUT2D eigenvalue weighted by Gasteiger charge is -2.32. The van der Waals surface area contributed by atoms with E-state index in [4.69, 9.17) is 22.3 Å². The van der Waals surface area contributed by atoms with Crippen molar-refractivity contribution in [3.05, 3.63) is 0 Å². The molecule has 372 valence electrons. The number of hydrogen-bond acceptors (Lipinski definition) is 15. The van der Waals surface area contributed by atoms with Crippen molar-refractivity contribution in [3.8, 4) is 0 Å². The number of amides is 9. The summed E-state index contributed by atoms with van der Waals surface area (Å²) in [5.74, 6) is -9.39. The number of aliphatic hydroxyl groups is 3. The zero-order chi connectivity index (χ0) is 49.8. The molecule has 27 nitrogen and oxygen atoms in total. The van der Waals surface area contributed by atoms with Crippen molar-refractivity contribution in [2.24, 2.45) is 28.1 Å². The molecule has 2 aliphatic heterocycles. The Morgan fingerprint density at radius 1 is 0.697 bits per heavy atom. The monoisotopic (exact) mass is 941 g/mol. The summed E-state index contributed by atoms with van der Waals surface area (Å²) in [7, 11) is 0. The molecule has 17 N–H and O–H groups in total. The average molecular weight is 942 g/mol. The van der Waals surface area contributed by atoms with E-state index in [2.05, 4.69) is 36.9 Å². The fourth-order valence-corrected chi connectivity index (χ4v) is 7.06. The van der Waals surface area contributed by atoms with E-state index < -0.39 is 146 Å². The van der Waals surface area contributed by atoms with Crippen LogP contribution in [0.3, 0.4) is 0 Å². The van der Waals surface area contributed by atoms with Gasteiger partial charge in [0.05, 0.1) is 25.9 Å². The van der Waals surface area contributed by atoms with Crippen molar-refractivity contribution in [2.45, 2.75) is 127 Å². The van der Waals surface area contributed by atoms with Gasteiger partial charge in [-0.15, -0.1) is 0 Å². The number of nitrogens with zero attached hydrogens (tertiary/aromatic N) is 3. The molecule has 0 spiro atoms. The number of carbonyl (C=O) groups is 10. The second kappa shape index (κ2) is 27.3. The largest absolute Gasteiger partial charge is 0.480 e. The third-order valence-electron chi connectivity index (χ3n) is 11.1. The lowest BCUT2D eigenvalue weighted by Crippen LogP contribution is -2.61. The number of nitrogens with one attached hydrogen (secondary N) is 7. The molecule has 0 aromatic rings. The van der Waals surface area contributed by atoms with Crippen molar-refractivity contribution < 1.29 is 68.4 Å². The topological polar surface area (TPSA) is 433 Å². The highest BCUT2D eigenvalue weighted by Gasteiger charge is 2.41. The summed E-state index contributed by atoms with van der Waals surface area (Å²) in [5, 5.41) is 55.0. The molecule has 10 atom stereocenters. The van der Waals surface area contributed by atoms with E-state index in [0.29, 0.717) is 19.3 Å². The van der Waals surface area contributed by atoms with Crippen LogP contribution < -0.4 is 54.4 Å². The Morgan fingerprint density at radius 3 is 1.82 bits per heavy atom. The van der Waals surface area contributed by atoms with Crippen LogP contribution in [-0.2, 0) is 47.9 Å². The summed E-state index contributed by atoms with van der Waals surface area (Å²) in [6.07, 6.45) is 0.594. The predicted molar refractivity (Wildman–Crippen MR) is 232 cm³/mol. The Labute approximate surface area is 381 Å². The highest BCUT2D eigenvalue weighted by Crippen LogP contribution is 2.21. The van der Waals surface area contributed by atoms with Crippen molar-refractivity contribution in [1.29, 1.82) is 0 Å². The minimum absolute atomic E-state index is 0.0503. The van der Waals surface area contributed by atoms with E-state index in [1.54, 1.807) is 13.8 Å². The molecule has 27 heteroatoms. The van der Waals surface area contributed by atoms with Gasteiger partial charge < -0.3 is 84.6 Å². The van der Waals surface area contributed by atoms with E-state index in [1.165, 1.54) is 18.7 Å². The van der Waals surface area contributed by atoms with Crippen molar-refractivity contribution in [2.75, 3.05) is 45.9 Å². The maximum atomic E-state index is 13.8. The van der Waals surface area contributed by atoms with E-state index >= 15 is 0 Å². The number of aliphatic carboxylic acids is 1. The molecule has 2 aliphatic rings. The number of hydrogen-bond donors (Lipinski definition) is 14. The molecule has 0 aliphatic carbocycles. The number of likely N-dealkylation sites (tertiary alicyclic amines) is 2. The third kappa shape index (κ3) is 17.0. The smallest absolute Gasteiger partial charge is 0.322 e. The minimum Gasteiger partial charge on any atom is -0.480 e. The zero-order valence-corrected chi connectivity index (χ0v) is 37.6. The molecule has 9 amide bonds. The molecule has 2 rings (SSSR count). The fraction of sp³-hybridized carbons (Fsp3) is 0.718. The van der Waals surface area contributed by atoms with Gasteiger partial charge in [-0.3, -0.25) is 52.9 Å². The van der Waals surface area contributed by atoms with Crippen LogP contribution in [0.5, 0.6) is 0 Å². The van der Waals surface area contributed by atoms with Crippen molar-refractivity contribution in [3.63, 3.8) is 0 Å². The first kappa shape index (κ1) is 55.9. The molecule has 2 saturated heterocycles. The fourth-order valence-electron chi connectivity index (χ4n) is 7.06. The highest BCUT2D eigenvalue weighted by atomic mass is 16.4. The first-order valence-electron chi connectivity index (χ1n) is 21.7. The van der Waals surface area contributed by atoms with Gasteiger partial charge in [0.25, 0.3) is 0 Å². The third-order valence-corrected chi connectivity index (χ3v) is 11.1. The normalized spacial score (nSPS) is 19.3. The Bertz CT molecular complexity index is 1780. The van der Waals surface area contributed by atoms with Gasteiger partial charge in [-0.05, 0) is 58.3 Å². The van der Waals surface area contributed by atoms with Gasteiger partial charge >= 0.3 is 5.97 Å². The summed E-state index contributed by atoms with van der Waals surface area (Å²) < 4.78 is 0. The molecular weight excluding hydrogens is 875 g/mol. The number of carbonyl (C=O) groups excluding carboxylic acids is 9. The van der Waals surface area contributed by atoms with E-state index in [0.717, 1.165) is 4.90 Å². The lowest BCUT2D eigenvalue weighted by molar-refractivity contribution is -0.144. The first-order chi connectivity index (χ1) is 31.1. The van der Waals surface area contributed by atoms with Crippen LogP contribution in [0.1, 0.15) is 72.6 Å². The number of carboxylic acids is 1. The summed E-state index contributed by atoms with van der Waals surface area (Å²) in [4.78, 5) is 136. The lowest BCUT2D eigenvalue weighted by atomic mass is 9.97. The number of carboxylic acid groups (broad SMARTS) is 1. The van der Waals surface area contributed by atoms with Crippen LogP contribution in [0.15, 0.2) is 4.99 Å². The number of aliphatic hydroxyl groups excluding tert-OH is 3. The number of rotatable bonds is 26. The molecule has 0 bridgehead atoms. The molecule has 0 saturated carbocycles. The predicted octanol–water partition coefficient (Wildman–Crippen LogP) is -7.48. The van der Waals surface area contributed by atoms with Gasteiger partial charge in [0.2, 0.25) is 53.2 Å². The Hall–Kier alpha value is -6.19. The van der Waals surface area contributed by atoms with Crippen LogP contribution in [0.25, 0.3) is 0 Å². The van der Waals surface area contributed by atoms with Crippen LogP contribution in [0.4, 0.5) is 0 Å². The number of aliphatic imine (C=N–C) groups is 1. The average Bonchev–Trinajstić information content (AvgIpc) is 3.98. The standard InChI is InChI=1S/C39H67N13O14/c1-5-19(2)30(50-35(63)26-11-8-14-52(26)38(66)29(40)21(4)55)36(64)49-24(18-54)37(65)51-13-7-10-25(51)34(62)44-15-27(56)47-22(9-6-12-43-39(41)42)33(61)46-20(3)31(59)48-23(17-53)32(60)45-16-28(57)58/h19-26,29-30,53-55H,5-18,40H2,1-4H3,(H,44,62)(H,45,60)(H,46,61)(H,47,56)(H,48,59)(H,49,64)(H,50,63)(H,57,58)(H4,41,42,43)/t19-,20-,21+,22-,23-,24-,25-,26-,29-,30-/m0/s1. The minimum atomic E-state index is -1.55. The van der Waals surface area contributed by atoms with Crippen LogP contribution in [0.2, 0.25) is 0 Å². The number of nitrogens with two attached hydrogens (primary N) is 3. The van der Waals surface area contributed by atoms with Gasteiger partial charge in [0, 0.05) is 19.6 Å². The molecule has 2 heterocycles. The summed E-state index contributed by atoms with van der Waals surface area (Å²) in [6, 6.07) is -10.3. The van der Waals surface area contributed by atoms with Gasteiger partial charge in [-0.25, -0.2) is 0 Å². The van der Waals surface area contributed by atoms with Gasteiger partial charge in [0.15, 0.2) is 5.96 Å². The number of guanidine groups is 1. The summed E-state index contributed by atoms with van der Waals surface area (Å²) in [5.41, 5.74) is 16.6. The van der Waals surface area contributed by atoms with E-state index in [9.17, 15) is 63.3 Å². The molecule has 66 heavy (non-hydrogen) atoms. The van der Waals surface area contributed by atoms with Gasteiger partial charge in [-0.2, -0.15) is 0 Å². The second-order valence-corrected chi connectivity index (χ2v) is 16.1. The SMILES string of the molecule is CC[C@H](C)[C@H](NC(=O)[C@@H]1CCCN1C(=O)[C@@H](N)[C@@H](C)O)C(=O)N[C@@H](CO)C(=O)N1CCC[C@H]1C(=O)NCC(=O)N[C@@H](CCCN=C(N)N)C(=O)N[C@@H](C)C(=O)N[C@@H](CO)C(=O)NCC(=O)O. The molecule has 2 fully saturated rings. The molecule has 0 radical (unpaired) electrons. The summed E-state index contributed by atoms with van der Waals surface area (Å²) in [6.45, 7) is 3.14. The molecule has 0 aromatic heterocycles. The molecular formula is C39H67N13O14. The van der Waals surface area contributed by atoms with Crippen molar-refractivity contribution >= 4 is 65.1 Å². The van der Waals surface area contributed by atoms with Gasteiger partial charge in [-0.1, -0.05) is 20.3 Å². The zero-order valence-electron chi connectivity index (χ0n) is 37.6. The van der Waals surface area contributed by atoms with Crippen LogP contribution in [-0.4, -0.2) is 196 Å². The van der Waals surface area contributed by atoms with Crippen molar-refractivity contribution in [1.82, 2.24) is 47.0 Å². The second-order valence-electron chi connectivity index (χ2n) is 16.1. The summed E-state index contributed by atoms with van der Waals surface area (Å²) >= 11 is 0. The maximum absolute atomic E-state index is 13.8. The Kier molecular flexibility index (Phi) is 23.2. The van der Waals surface area contributed by atoms with Crippen LogP contribution >= 0.6 is 0 Å². The quantitative estimate of drug-likeness (QED) is 0.0218. The molecule has 0 aromatic carbocycles. The van der Waals surface area contributed by atoms with E-state index in [-0.39, 0.29) is 51.3 Å². The van der Waals surface area contributed by atoms with E-state index in [1.807, 2.05) is 5.32 Å². The van der Waals surface area contributed by atoms with Crippen LogP contribution in [0, 0.1) is 5.92 Å². The van der Waals surface area contributed by atoms with Gasteiger partial charge in [0.1, 0.15) is 54.9 Å². The first-order valence-corrected chi connectivity index (χ1v) is 21.7. The molecule has 0 unspecified atom stereocenters. The highest BCUT2D eigenvalue weighted by molar-refractivity contribution is 5.98.